The van der Waals surface area contributed by atoms with E-state index in [0.717, 1.165) is 12.1 Å². The molecular formula is C13H10FNO6S. The molecule has 116 valence electrons. The van der Waals surface area contributed by atoms with E-state index in [9.17, 15) is 22.9 Å². The van der Waals surface area contributed by atoms with Crippen LogP contribution in [0.15, 0.2) is 47.4 Å². The van der Waals surface area contributed by atoms with Crippen molar-refractivity contribution < 1.29 is 26.7 Å². The van der Waals surface area contributed by atoms with Gasteiger partial charge in [0.2, 0.25) is 5.75 Å². The minimum atomic E-state index is -4.34. The molecule has 0 aliphatic heterocycles. The second-order valence-electron chi connectivity index (χ2n) is 4.08. The van der Waals surface area contributed by atoms with Gasteiger partial charge in [-0.1, -0.05) is 0 Å². The fraction of sp³-hybridized carbons (Fsp3) is 0.0769. The lowest BCUT2D eigenvalue weighted by Gasteiger charge is -2.08. The highest BCUT2D eigenvalue weighted by molar-refractivity contribution is 7.87. The van der Waals surface area contributed by atoms with Gasteiger partial charge in [-0.3, -0.25) is 10.1 Å². The Morgan fingerprint density at radius 1 is 1.14 bits per heavy atom. The van der Waals surface area contributed by atoms with Gasteiger partial charge in [0.25, 0.3) is 0 Å². The Morgan fingerprint density at radius 2 is 1.77 bits per heavy atom. The molecule has 0 N–H and O–H groups in total. The number of nitrogens with zero attached hydrogens (tertiary/aromatic N) is 1. The minimum Gasteiger partial charge on any atom is -0.497 e. The van der Waals surface area contributed by atoms with Crippen molar-refractivity contribution in [3.05, 3.63) is 58.4 Å². The van der Waals surface area contributed by atoms with E-state index in [0.29, 0.717) is 11.8 Å². The van der Waals surface area contributed by atoms with Crippen LogP contribution in [0.5, 0.6) is 11.5 Å². The van der Waals surface area contributed by atoms with Crippen LogP contribution in [-0.2, 0) is 10.1 Å². The van der Waals surface area contributed by atoms with Gasteiger partial charge in [-0.05, 0) is 30.3 Å². The van der Waals surface area contributed by atoms with Crippen LogP contribution in [0.25, 0.3) is 0 Å². The summed E-state index contributed by atoms with van der Waals surface area (Å²) in [6, 6.07) is 7.49. The van der Waals surface area contributed by atoms with Gasteiger partial charge in [-0.2, -0.15) is 8.42 Å². The average molecular weight is 327 g/mol. The highest BCUT2D eigenvalue weighted by Crippen LogP contribution is 2.30. The topological polar surface area (TPSA) is 95.7 Å². The number of rotatable bonds is 5. The normalized spacial score (nSPS) is 11.0. The second-order valence-corrected chi connectivity index (χ2v) is 5.63. The molecule has 0 aromatic heterocycles. The molecule has 0 spiro atoms. The number of hydrogen-bond donors (Lipinski definition) is 0. The summed E-state index contributed by atoms with van der Waals surface area (Å²) < 4.78 is 46.9. The summed E-state index contributed by atoms with van der Waals surface area (Å²) in [5.41, 5.74) is -0.654. The van der Waals surface area contributed by atoms with Crippen molar-refractivity contribution in [3.63, 3.8) is 0 Å². The van der Waals surface area contributed by atoms with Gasteiger partial charge < -0.3 is 8.92 Å². The molecule has 2 aromatic carbocycles. The zero-order valence-electron chi connectivity index (χ0n) is 11.2. The maximum Gasteiger partial charge on any atom is 0.339 e. The predicted octanol–water partition coefficient (Wildman–Crippen LogP) is 2.51. The number of halogens is 1. The number of benzene rings is 2. The first-order chi connectivity index (χ1) is 10.3. The largest absolute Gasteiger partial charge is 0.497 e. The molecule has 9 heteroatoms. The molecule has 7 nitrogen and oxygen atoms in total. The van der Waals surface area contributed by atoms with Crippen molar-refractivity contribution in [3.8, 4) is 11.5 Å². The van der Waals surface area contributed by atoms with Crippen LogP contribution in [0.1, 0.15) is 0 Å². The standard InChI is InChI=1S/C13H10FNO6S/c1-20-10-3-5-11(6-4-10)22(18,19)21-13-8-9(14)2-7-12(13)15(16)17/h2-8H,1H3. The summed E-state index contributed by atoms with van der Waals surface area (Å²) in [5, 5.41) is 10.8. The Bertz CT molecular complexity index is 804. The second kappa shape index (κ2) is 5.98. The summed E-state index contributed by atoms with van der Waals surface area (Å²) in [7, 11) is -2.92. The maximum atomic E-state index is 13.2. The van der Waals surface area contributed by atoms with Crippen molar-refractivity contribution in [2.24, 2.45) is 0 Å². The third kappa shape index (κ3) is 3.31. The van der Waals surface area contributed by atoms with E-state index in [1.54, 1.807) is 0 Å². The first-order valence-corrected chi connectivity index (χ1v) is 7.27. The molecule has 0 aliphatic carbocycles. The molecule has 0 heterocycles. The maximum absolute atomic E-state index is 13.2. The lowest BCUT2D eigenvalue weighted by atomic mass is 10.3. The summed E-state index contributed by atoms with van der Waals surface area (Å²) in [6.45, 7) is 0. The van der Waals surface area contributed by atoms with Crippen LogP contribution in [0, 0.1) is 15.9 Å². The first-order valence-electron chi connectivity index (χ1n) is 5.86. The van der Waals surface area contributed by atoms with Crippen molar-refractivity contribution >= 4 is 15.8 Å². The highest BCUT2D eigenvalue weighted by atomic mass is 32.2. The Balaban J connectivity index is 2.40. The molecule has 0 aliphatic rings. The smallest absolute Gasteiger partial charge is 0.339 e. The van der Waals surface area contributed by atoms with E-state index < -0.39 is 32.3 Å². The van der Waals surface area contributed by atoms with E-state index in [1.807, 2.05) is 0 Å². The summed E-state index contributed by atoms with van der Waals surface area (Å²) in [5.74, 6) is -1.12. The van der Waals surface area contributed by atoms with Crippen molar-refractivity contribution in [2.75, 3.05) is 7.11 Å². The van der Waals surface area contributed by atoms with Gasteiger partial charge in [0.15, 0.2) is 0 Å². The number of methoxy groups -OCH3 is 1. The molecule has 0 unspecified atom stereocenters. The molecule has 0 bridgehead atoms. The molecule has 22 heavy (non-hydrogen) atoms. The van der Waals surface area contributed by atoms with E-state index in [1.165, 1.54) is 31.4 Å². The van der Waals surface area contributed by atoms with E-state index in [2.05, 4.69) is 4.18 Å². The van der Waals surface area contributed by atoms with Crippen LogP contribution in [0.3, 0.4) is 0 Å². The lowest BCUT2D eigenvalue weighted by molar-refractivity contribution is -0.385. The van der Waals surface area contributed by atoms with Crippen LogP contribution in [-0.4, -0.2) is 20.5 Å². The zero-order valence-corrected chi connectivity index (χ0v) is 12.0. The Hall–Kier alpha value is -2.68. The Kier molecular flexibility index (Phi) is 4.27. The van der Waals surface area contributed by atoms with Gasteiger partial charge in [0, 0.05) is 12.1 Å². The minimum absolute atomic E-state index is 0.244. The van der Waals surface area contributed by atoms with Crippen molar-refractivity contribution in [1.29, 1.82) is 0 Å². The average Bonchev–Trinajstić information content (AvgIpc) is 2.46. The molecule has 2 aromatic rings. The Morgan fingerprint density at radius 3 is 2.32 bits per heavy atom. The summed E-state index contributed by atoms with van der Waals surface area (Å²) in [4.78, 5) is 9.72. The van der Waals surface area contributed by atoms with Gasteiger partial charge in [-0.15, -0.1) is 0 Å². The SMILES string of the molecule is COc1ccc(S(=O)(=O)Oc2cc(F)ccc2[N+](=O)[O-])cc1. The molecular weight excluding hydrogens is 317 g/mol. The summed E-state index contributed by atoms with van der Waals surface area (Å²) in [6.07, 6.45) is 0. The quantitative estimate of drug-likeness (QED) is 0.475. The van der Waals surface area contributed by atoms with Crippen molar-refractivity contribution in [2.45, 2.75) is 4.90 Å². The number of ether oxygens (including phenoxy) is 1. The van der Waals surface area contributed by atoms with Crippen LogP contribution in [0.4, 0.5) is 10.1 Å². The molecule has 0 radical (unpaired) electrons. The third-order valence-corrected chi connectivity index (χ3v) is 3.91. The zero-order chi connectivity index (χ0) is 16.3. The van der Waals surface area contributed by atoms with Gasteiger partial charge in [0.05, 0.1) is 12.0 Å². The van der Waals surface area contributed by atoms with Gasteiger partial charge in [-0.25, -0.2) is 4.39 Å². The number of nitro groups is 1. The lowest BCUT2D eigenvalue weighted by Crippen LogP contribution is -2.11. The van der Waals surface area contributed by atoms with E-state index in [-0.39, 0.29) is 4.90 Å². The highest BCUT2D eigenvalue weighted by Gasteiger charge is 2.24. The van der Waals surface area contributed by atoms with Crippen LogP contribution >= 0.6 is 0 Å². The molecule has 0 saturated heterocycles. The molecule has 0 atom stereocenters. The molecule has 0 fully saturated rings. The number of nitro benzene ring substituents is 1. The third-order valence-electron chi connectivity index (χ3n) is 2.67. The monoisotopic (exact) mass is 327 g/mol. The first kappa shape index (κ1) is 15.7. The summed E-state index contributed by atoms with van der Waals surface area (Å²) >= 11 is 0. The fourth-order valence-corrected chi connectivity index (χ4v) is 2.55. The molecule has 0 saturated carbocycles. The van der Waals surface area contributed by atoms with Crippen LogP contribution < -0.4 is 8.92 Å². The molecule has 2 rings (SSSR count). The molecule has 0 amide bonds. The predicted molar refractivity (Wildman–Crippen MR) is 73.9 cm³/mol. The Labute approximate surface area is 125 Å². The van der Waals surface area contributed by atoms with E-state index in [4.69, 9.17) is 4.74 Å². The number of hydrogen-bond acceptors (Lipinski definition) is 6. The fourth-order valence-electron chi connectivity index (χ4n) is 1.61. The van der Waals surface area contributed by atoms with Crippen molar-refractivity contribution in [1.82, 2.24) is 0 Å². The van der Waals surface area contributed by atoms with Gasteiger partial charge >= 0.3 is 15.8 Å². The van der Waals surface area contributed by atoms with Crippen LogP contribution in [0.2, 0.25) is 0 Å². The van der Waals surface area contributed by atoms with Gasteiger partial charge in [0.1, 0.15) is 16.5 Å². The van der Waals surface area contributed by atoms with E-state index >= 15 is 0 Å².